The third-order valence-electron chi connectivity index (χ3n) is 8.06. The van der Waals surface area contributed by atoms with Crippen molar-refractivity contribution in [3.63, 3.8) is 0 Å². The molecule has 3 heterocycles. The van der Waals surface area contributed by atoms with Gasteiger partial charge in [0, 0.05) is 32.0 Å². The van der Waals surface area contributed by atoms with Gasteiger partial charge in [-0.15, -0.1) is 0 Å². The number of nitrogens with zero attached hydrogens (tertiary/aromatic N) is 5. The lowest BCUT2D eigenvalue weighted by molar-refractivity contribution is 0.0300. The lowest BCUT2D eigenvalue weighted by Crippen LogP contribution is -2.39. The molecular weight excluding hydrogens is 542 g/mol. The molecule has 4 N–H and O–H groups in total. The van der Waals surface area contributed by atoms with Crippen LogP contribution in [0.5, 0.6) is 0 Å². The van der Waals surface area contributed by atoms with Crippen molar-refractivity contribution in [1.82, 2.24) is 24.5 Å². The van der Waals surface area contributed by atoms with Gasteiger partial charge in [-0.1, -0.05) is 6.92 Å². The Hall–Kier alpha value is -3.97. The number of aliphatic hydroxyl groups excluding tert-OH is 2. The molecule has 2 saturated carbocycles. The second-order valence-electron chi connectivity index (χ2n) is 12.7. The number of hydrogen-bond donors (Lipinski definition) is 4. The van der Waals surface area contributed by atoms with Gasteiger partial charge in [-0.2, -0.15) is 9.61 Å². The van der Waals surface area contributed by atoms with Crippen LogP contribution in [-0.2, 0) is 4.74 Å². The first-order chi connectivity index (χ1) is 19.8. The average molecular weight is 582 g/mol. The zero-order valence-corrected chi connectivity index (χ0v) is 24.6. The van der Waals surface area contributed by atoms with E-state index in [1.807, 2.05) is 6.92 Å². The average Bonchev–Trinajstić information content (AvgIpc) is 3.52. The molecule has 3 aromatic heterocycles. The Labute approximate surface area is 243 Å². The molecule has 2 amide bonds. The fraction of sp³-hybridized carbons (Fsp3) is 0.552. The number of aliphatic hydroxyl groups is 2. The van der Waals surface area contributed by atoms with Gasteiger partial charge < -0.3 is 30.2 Å². The van der Waals surface area contributed by atoms with Crippen molar-refractivity contribution in [2.24, 2.45) is 5.41 Å². The molecule has 2 unspecified atom stereocenters. The minimum absolute atomic E-state index is 0.0495. The molecule has 0 bridgehead atoms. The maximum Gasteiger partial charge on any atom is 0.415 e. The highest BCUT2D eigenvalue weighted by atomic mass is 16.6. The monoisotopic (exact) mass is 581 g/mol. The summed E-state index contributed by atoms with van der Waals surface area (Å²) in [5, 5.41) is 30.3. The predicted molar refractivity (Wildman–Crippen MR) is 156 cm³/mol. The molecular formula is C29H39N7O6. The summed E-state index contributed by atoms with van der Waals surface area (Å²) in [6.07, 6.45) is 5.34. The SMILES string of the molecule is CN(C(=O)OC(C)(C)C)c1cc(Nc2cccn([C@H]3CC[C@@H]3O)c2=O)nc2c(C(=O)NC3CCC(C)(CO)C3)cnn12. The van der Waals surface area contributed by atoms with Crippen LogP contribution < -0.4 is 21.1 Å². The first kappa shape index (κ1) is 29.5. The van der Waals surface area contributed by atoms with Crippen LogP contribution in [0.1, 0.15) is 76.2 Å². The summed E-state index contributed by atoms with van der Waals surface area (Å²) in [5.41, 5.74) is -0.729. The quantitative estimate of drug-likeness (QED) is 0.328. The minimum atomic E-state index is -0.751. The van der Waals surface area contributed by atoms with Crippen molar-refractivity contribution >= 4 is 35.0 Å². The molecule has 3 aromatic rings. The molecule has 5 rings (SSSR count). The Morgan fingerprint density at radius 3 is 2.64 bits per heavy atom. The van der Waals surface area contributed by atoms with Gasteiger partial charge in [0.2, 0.25) is 0 Å². The van der Waals surface area contributed by atoms with Gasteiger partial charge in [-0.3, -0.25) is 14.5 Å². The number of anilines is 3. The van der Waals surface area contributed by atoms with Gasteiger partial charge in [0.05, 0.1) is 18.3 Å². The molecule has 13 heteroatoms. The zero-order valence-electron chi connectivity index (χ0n) is 24.6. The Balaban J connectivity index is 1.52. The topological polar surface area (TPSA) is 163 Å². The van der Waals surface area contributed by atoms with Gasteiger partial charge in [-0.25, -0.2) is 9.78 Å². The largest absolute Gasteiger partial charge is 0.443 e. The Kier molecular flexibility index (Phi) is 7.75. The van der Waals surface area contributed by atoms with Crippen molar-refractivity contribution in [2.45, 2.75) is 83.6 Å². The molecule has 2 fully saturated rings. The first-order valence-corrected chi connectivity index (χ1v) is 14.2. The van der Waals surface area contributed by atoms with Crippen LogP contribution in [0.3, 0.4) is 0 Å². The third-order valence-corrected chi connectivity index (χ3v) is 8.06. The van der Waals surface area contributed by atoms with Crippen LogP contribution in [0, 0.1) is 5.41 Å². The molecule has 4 atom stereocenters. The Morgan fingerprint density at radius 1 is 1.26 bits per heavy atom. The number of pyridine rings is 1. The number of carbonyl (C=O) groups excluding carboxylic acids is 2. The molecule has 0 aliphatic heterocycles. The van der Waals surface area contributed by atoms with Crippen molar-refractivity contribution < 1.29 is 24.5 Å². The van der Waals surface area contributed by atoms with Gasteiger partial charge in [-0.05, 0) is 70.4 Å². The van der Waals surface area contributed by atoms with E-state index in [1.165, 1.54) is 27.2 Å². The molecule has 13 nitrogen and oxygen atoms in total. The normalized spacial score (nSPS) is 23.8. The maximum absolute atomic E-state index is 13.4. The lowest BCUT2D eigenvalue weighted by atomic mass is 9.89. The third kappa shape index (κ3) is 5.84. The van der Waals surface area contributed by atoms with E-state index in [1.54, 1.807) is 45.2 Å². The van der Waals surface area contributed by atoms with Crippen LogP contribution >= 0.6 is 0 Å². The minimum Gasteiger partial charge on any atom is -0.443 e. The zero-order chi connectivity index (χ0) is 30.4. The van der Waals surface area contributed by atoms with E-state index in [9.17, 15) is 24.6 Å². The predicted octanol–water partition coefficient (Wildman–Crippen LogP) is 2.98. The van der Waals surface area contributed by atoms with Crippen LogP contribution in [0.25, 0.3) is 5.65 Å². The van der Waals surface area contributed by atoms with Crippen LogP contribution in [0.2, 0.25) is 0 Å². The van der Waals surface area contributed by atoms with E-state index in [4.69, 9.17) is 4.74 Å². The van der Waals surface area contributed by atoms with Crippen molar-refractivity contribution in [1.29, 1.82) is 0 Å². The standard InChI is InChI=1S/C29H39N7O6/c1-28(2,3)42-27(41)34(5)23-13-22(32-19-7-6-12-35(26(19)40)20-8-9-21(20)38)33-24-18(15-30-36(23)24)25(39)31-17-10-11-29(4,14-17)16-37/h6-7,12-13,15,17,20-21,37-38H,8-11,14,16H2,1-5H3,(H,31,39)(H,32,33)/t17?,20-,21-,29?/m0/s1. The highest BCUT2D eigenvalue weighted by Gasteiger charge is 2.36. The Morgan fingerprint density at radius 2 is 2.02 bits per heavy atom. The molecule has 0 saturated heterocycles. The molecule has 42 heavy (non-hydrogen) atoms. The van der Waals surface area contributed by atoms with E-state index < -0.39 is 17.8 Å². The number of rotatable bonds is 7. The first-order valence-electron chi connectivity index (χ1n) is 14.2. The lowest BCUT2D eigenvalue weighted by Gasteiger charge is -2.34. The number of aromatic nitrogens is 4. The Bertz CT molecular complexity index is 1560. The van der Waals surface area contributed by atoms with Gasteiger partial charge in [0.1, 0.15) is 28.5 Å². The smallest absolute Gasteiger partial charge is 0.415 e. The highest BCUT2D eigenvalue weighted by Crippen LogP contribution is 2.37. The van der Waals surface area contributed by atoms with Gasteiger partial charge in [0.25, 0.3) is 11.5 Å². The molecule has 226 valence electrons. The van der Waals surface area contributed by atoms with Crippen molar-refractivity contribution in [3.05, 3.63) is 46.5 Å². The van der Waals surface area contributed by atoms with Gasteiger partial charge in [0.15, 0.2) is 5.65 Å². The number of carbonyl (C=O) groups is 2. The van der Waals surface area contributed by atoms with Crippen LogP contribution in [0.4, 0.5) is 22.1 Å². The summed E-state index contributed by atoms with van der Waals surface area (Å²) >= 11 is 0. The number of amides is 2. The summed E-state index contributed by atoms with van der Waals surface area (Å²) in [5.74, 6) is 0.0872. The summed E-state index contributed by atoms with van der Waals surface area (Å²) in [4.78, 5) is 45.6. The van der Waals surface area contributed by atoms with E-state index in [2.05, 4.69) is 20.7 Å². The van der Waals surface area contributed by atoms with Crippen molar-refractivity contribution in [2.75, 3.05) is 23.9 Å². The summed E-state index contributed by atoms with van der Waals surface area (Å²) in [7, 11) is 1.52. The summed E-state index contributed by atoms with van der Waals surface area (Å²) < 4.78 is 8.43. The number of ether oxygens (including phenoxy) is 1. The fourth-order valence-electron chi connectivity index (χ4n) is 5.48. The maximum atomic E-state index is 13.4. The van der Waals surface area contributed by atoms with Crippen LogP contribution in [0.15, 0.2) is 35.4 Å². The number of fused-ring (bicyclic) bond motifs is 1. The van der Waals surface area contributed by atoms with E-state index in [0.29, 0.717) is 19.3 Å². The fourth-order valence-corrected chi connectivity index (χ4v) is 5.48. The van der Waals surface area contributed by atoms with E-state index >= 15 is 0 Å². The van der Waals surface area contributed by atoms with E-state index in [-0.39, 0.29) is 64.1 Å². The van der Waals surface area contributed by atoms with E-state index in [0.717, 1.165) is 12.8 Å². The number of hydrogen-bond acceptors (Lipinski definition) is 9. The van der Waals surface area contributed by atoms with Crippen molar-refractivity contribution in [3.8, 4) is 0 Å². The molecule has 0 spiro atoms. The molecule has 0 radical (unpaired) electrons. The molecule has 2 aliphatic rings. The summed E-state index contributed by atoms with van der Waals surface area (Å²) in [6.45, 7) is 7.32. The number of nitrogens with one attached hydrogen (secondary N) is 2. The summed E-state index contributed by atoms with van der Waals surface area (Å²) in [6, 6.07) is 4.45. The second kappa shape index (κ2) is 11.0. The molecule has 2 aliphatic carbocycles. The molecule has 0 aromatic carbocycles. The van der Waals surface area contributed by atoms with Crippen LogP contribution in [-0.4, -0.2) is 72.8 Å². The second-order valence-corrected chi connectivity index (χ2v) is 12.7. The highest BCUT2D eigenvalue weighted by molar-refractivity contribution is 6.00. The van der Waals surface area contributed by atoms with Gasteiger partial charge >= 0.3 is 6.09 Å².